The number of pyridine rings is 1. The first kappa shape index (κ1) is 22.0. The Bertz CT molecular complexity index is 890. The highest BCUT2D eigenvalue weighted by atomic mass is 16.5. The molecule has 170 valence electrons. The Labute approximate surface area is 187 Å². The van der Waals surface area contributed by atoms with Gasteiger partial charge in [0.1, 0.15) is 18.6 Å². The van der Waals surface area contributed by atoms with Crippen molar-refractivity contribution in [2.75, 3.05) is 44.4 Å². The molecule has 2 aliphatic heterocycles. The number of rotatable bonds is 6. The van der Waals surface area contributed by atoms with Gasteiger partial charge in [-0.3, -0.25) is 14.6 Å². The molecule has 0 spiro atoms. The average Bonchev–Trinajstić information content (AvgIpc) is 2.85. The van der Waals surface area contributed by atoms with E-state index in [1.807, 2.05) is 23.1 Å². The zero-order valence-corrected chi connectivity index (χ0v) is 17.9. The predicted molar refractivity (Wildman–Crippen MR) is 119 cm³/mol. The SMILES string of the molecule is O=C(NCO)[C@H]1C[C@H](Oc2cccnc2)CN[C@@H]1C(=O)N1CCN(c2ccccc2)CC1. The molecule has 2 aliphatic rings. The summed E-state index contributed by atoms with van der Waals surface area (Å²) in [4.78, 5) is 34.1. The molecule has 3 atom stereocenters. The summed E-state index contributed by atoms with van der Waals surface area (Å²) < 4.78 is 5.95. The number of piperidine rings is 1. The second-order valence-corrected chi connectivity index (χ2v) is 8.00. The largest absolute Gasteiger partial charge is 0.487 e. The van der Waals surface area contributed by atoms with Crippen LogP contribution in [0.15, 0.2) is 54.9 Å². The number of carbonyl (C=O) groups excluding carboxylic acids is 2. The first-order valence-corrected chi connectivity index (χ1v) is 10.9. The monoisotopic (exact) mass is 439 g/mol. The average molecular weight is 440 g/mol. The number of piperazine rings is 1. The number of carbonyl (C=O) groups is 2. The van der Waals surface area contributed by atoms with Crippen LogP contribution in [0, 0.1) is 5.92 Å². The first-order valence-electron chi connectivity index (χ1n) is 10.9. The van der Waals surface area contributed by atoms with Crippen molar-refractivity contribution in [2.45, 2.75) is 18.6 Å². The van der Waals surface area contributed by atoms with E-state index in [1.165, 1.54) is 0 Å². The summed E-state index contributed by atoms with van der Waals surface area (Å²) in [6, 6.07) is 13.1. The van der Waals surface area contributed by atoms with Crippen molar-refractivity contribution in [1.82, 2.24) is 20.5 Å². The summed E-state index contributed by atoms with van der Waals surface area (Å²) in [5.41, 5.74) is 1.14. The smallest absolute Gasteiger partial charge is 0.240 e. The van der Waals surface area contributed by atoms with Crippen LogP contribution in [-0.2, 0) is 9.59 Å². The zero-order valence-electron chi connectivity index (χ0n) is 17.9. The lowest BCUT2D eigenvalue weighted by molar-refractivity contribution is -0.142. The van der Waals surface area contributed by atoms with Crippen molar-refractivity contribution in [3.8, 4) is 5.75 Å². The molecule has 2 saturated heterocycles. The van der Waals surface area contributed by atoms with Crippen molar-refractivity contribution in [2.24, 2.45) is 5.92 Å². The molecule has 9 nitrogen and oxygen atoms in total. The Morgan fingerprint density at radius 2 is 1.91 bits per heavy atom. The van der Waals surface area contributed by atoms with Crippen LogP contribution in [0.5, 0.6) is 5.75 Å². The van der Waals surface area contributed by atoms with E-state index in [-0.39, 0.29) is 17.9 Å². The van der Waals surface area contributed by atoms with E-state index >= 15 is 0 Å². The Morgan fingerprint density at radius 3 is 2.59 bits per heavy atom. The highest BCUT2D eigenvalue weighted by Gasteiger charge is 2.42. The molecule has 0 aliphatic carbocycles. The maximum absolute atomic E-state index is 13.3. The van der Waals surface area contributed by atoms with Gasteiger partial charge in [0.25, 0.3) is 0 Å². The number of ether oxygens (including phenoxy) is 1. The zero-order chi connectivity index (χ0) is 22.3. The van der Waals surface area contributed by atoms with Crippen LogP contribution in [0.25, 0.3) is 0 Å². The summed E-state index contributed by atoms with van der Waals surface area (Å²) in [7, 11) is 0. The fourth-order valence-corrected chi connectivity index (χ4v) is 4.35. The van der Waals surface area contributed by atoms with Gasteiger partial charge >= 0.3 is 0 Å². The molecule has 0 bridgehead atoms. The van der Waals surface area contributed by atoms with E-state index in [0.29, 0.717) is 31.8 Å². The van der Waals surface area contributed by atoms with E-state index in [0.717, 1.165) is 18.8 Å². The number of benzene rings is 1. The van der Waals surface area contributed by atoms with Crippen molar-refractivity contribution < 1.29 is 19.4 Å². The van der Waals surface area contributed by atoms with Gasteiger partial charge in [0.05, 0.1) is 18.2 Å². The highest BCUT2D eigenvalue weighted by Crippen LogP contribution is 2.24. The molecule has 2 fully saturated rings. The van der Waals surface area contributed by atoms with Gasteiger partial charge in [-0.05, 0) is 30.7 Å². The molecular weight excluding hydrogens is 410 g/mol. The van der Waals surface area contributed by atoms with Crippen LogP contribution in [0.2, 0.25) is 0 Å². The van der Waals surface area contributed by atoms with Crippen LogP contribution < -0.4 is 20.3 Å². The molecule has 1 aromatic carbocycles. The predicted octanol–water partition coefficient (Wildman–Crippen LogP) is 0.222. The summed E-state index contributed by atoms with van der Waals surface area (Å²) >= 11 is 0. The maximum Gasteiger partial charge on any atom is 0.240 e. The number of nitrogens with zero attached hydrogens (tertiary/aromatic N) is 3. The third-order valence-electron chi connectivity index (χ3n) is 5.99. The molecular formula is C23H29N5O4. The lowest BCUT2D eigenvalue weighted by atomic mass is 9.87. The topological polar surface area (TPSA) is 107 Å². The third-order valence-corrected chi connectivity index (χ3v) is 5.99. The number of hydrogen-bond acceptors (Lipinski definition) is 7. The number of nitrogens with one attached hydrogen (secondary N) is 2. The molecule has 0 unspecified atom stereocenters. The minimum absolute atomic E-state index is 0.0874. The molecule has 32 heavy (non-hydrogen) atoms. The first-order chi connectivity index (χ1) is 15.7. The van der Waals surface area contributed by atoms with Gasteiger partial charge in [-0.15, -0.1) is 0 Å². The molecule has 3 heterocycles. The highest BCUT2D eigenvalue weighted by molar-refractivity contribution is 5.90. The molecule has 9 heteroatoms. The number of aliphatic hydroxyl groups excluding tert-OH is 1. The molecule has 4 rings (SSSR count). The van der Waals surface area contributed by atoms with E-state index in [1.54, 1.807) is 24.5 Å². The van der Waals surface area contributed by atoms with E-state index in [2.05, 4.69) is 32.7 Å². The molecule has 2 amide bonds. The minimum Gasteiger partial charge on any atom is -0.487 e. The third kappa shape index (κ3) is 5.17. The molecule has 2 aromatic rings. The second kappa shape index (κ2) is 10.4. The van der Waals surface area contributed by atoms with Crippen LogP contribution in [-0.4, -0.2) is 78.4 Å². The Balaban J connectivity index is 1.39. The van der Waals surface area contributed by atoms with Crippen LogP contribution in [0.4, 0.5) is 5.69 Å². The number of para-hydroxylation sites is 1. The second-order valence-electron chi connectivity index (χ2n) is 8.00. The van der Waals surface area contributed by atoms with Crippen molar-refractivity contribution in [3.63, 3.8) is 0 Å². The normalized spacial score (nSPS) is 23.5. The van der Waals surface area contributed by atoms with Gasteiger partial charge in [-0.1, -0.05) is 18.2 Å². The summed E-state index contributed by atoms with van der Waals surface area (Å²) in [6.07, 6.45) is 3.36. The molecule has 1 aromatic heterocycles. The summed E-state index contributed by atoms with van der Waals surface area (Å²) in [5.74, 6) is -0.476. The van der Waals surface area contributed by atoms with Gasteiger partial charge in [0, 0.05) is 44.6 Å². The van der Waals surface area contributed by atoms with E-state index in [4.69, 9.17) is 4.74 Å². The number of aromatic nitrogens is 1. The summed E-state index contributed by atoms with van der Waals surface area (Å²) in [6.45, 7) is 2.63. The Kier molecular flexibility index (Phi) is 7.18. The van der Waals surface area contributed by atoms with E-state index < -0.39 is 18.7 Å². The van der Waals surface area contributed by atoms with Crippen molar-refractivity contribution in [3.05, 3.63) is 54.9 Å². The lowest BCUT2D eigenvalue weighted by Crippen LogP contribution is -2.62. The van der Waals surface area contributed by atoms with Crippen molar-refractivity contribution in [1.29, 1.82) is 0 Å². The number of anilines is 1. The number of aliphatic hydroxyl groups is 1. The van der Waals surface area contributed by atoms with Gasteiger partial charge in [-0.25, -0.2) is 0 Å². The number of hydrogen-bond donors (Lipinski definition) is 3. The Morgan fingerprint density at radius 1 is 1.12 bits per heavy atom. The van der Waals surface area contributed by atoms with Crippen molar-refractivity contribution >= 4 is 17.5 Å². The molecule has 0 radical (unpaired) electrons. The van der Waals surface area contributed by atoms with Gasteiger partial charge < -0.3 is 30.3 Å². The standard InChI is InChI=1S/C23H29N5O4/c29-16-26-22(30)20-13-19(32-18-7-4-8-24-14-18)15-25-21(20)23(31)28-11-9-27(10-12-28)17-5-2-1-3-6-17/h1-8,14,19-21,25,29H,9-13,15-16H2,(H,26,30)/t19-,20-,21-/m0/s1. The Hall–Kier alpha value is -3.17. The van der Waals surface area contributed by atoms with Crippen LogP contribution >= 0.6 is 0 Å². The van der Waals surface area contributed by atoms with Gasteiger partial charge in [0.15, 0.2) is 0 Å². The fraction of sp³-hybridized carbons (Fsp3) is 0.435. The molecule has 3 N–H and O–H groups in total. The van der Waals surface area contributed by atoms with Crippen LogP contribution in [0.3, 0.4) is 0 Å². The lowest BCUT2D eigenvalue weighted by Gasteiger charge is -2.41. The van der Waals surface area contributed by atoms with E-state index in [9.17, 15) is 14.7 Å². The number of amides is 2. The van der Waals surface area contributed by atoms with Crippen LogP contribution in [0.1, 0.15) is 6.42 Å². The maximum atomic E-state index is 13.3. The summed E-state index contributed by atoms with van der Waals surface area (Å²) in [5, 5.41) is 14.9. The fourth-order valence-electron chi connectivity index (χ4n) is 4.35. The van der Waals surface area contributed by atoms with Gasteiger partial charge in [0.2, 0.25) is 11.8 Å². The molecule has 0 saturated carbocycles. The quantitative estimate of drug-likeness (QED) is 0.553. The van der Waals surface area contributed by atoms with Gasteiger partial charge in [-0.2, -0.15) is 0 Å². The minimum atomic E-state index is -0.654.